The Bertz CT molecular complexity index is 899. The van der Waals surface area contributed by atoms with Gasteiger partial charge in [-0.3, -0.25) is 9.48 Å². The van der Waals surface area contributed by atoms with Gasteiger partial charge in [-0.2, -0.15) is 23.3 Å². The minimum Gasteiger partial charge on any atom is -0.352 e. The fourth-order valence-corrected chi connectivity index (χ4v) is 3.01. The Morgan fingerprint density at radius 3 is 2.88 bits per heavy atom. The van der Waals surface area contributed by atoms with E-state index in [1.54, 1.807) is 23.0 Å². The van der Waals surface area contributed by atoms with E-state index in [0.29, 0.717) is 23.5 Å². The fourth-order valence-electron chi connectivity index (χ4n) is 2.09. The highest BCUT2D eigenvalue weighted by molar-refractivity contribution is 7.15. The van der Waals surface area contributed by atoms with Crippen molar-refractivity contribution < 1.29 is 22.5 Å². The average molecular weight is 385 g/mol. The molecule has 3 aromatic rings. The molecule has 0 aromatic carbocycles. The van der Waals surface area contributed by atoms with Crippen LogP contribution in [0.5, 0.6) is 0 Å². The van der Waals surface area contributed by atoms with Crippen molar-refractivity contribution in [2.24, 2.45) is 0 Å². The maximum absolute atomic E-state index is 12.5. The topological polar surface area (TPSA) is 85.8 Å². The lowest BCUT2D eigenvalue weighted by atomic mass is 10.3. The van der Waals surface area contributed by atoms with Crippen LogP contribution >= 0.6 is 11.3 Å². The highest BCUT2D eigenvalue weighted by Gasteiger charge is 2.38. The Morgan fingerprint density at radius 2 is 2.19 bits per heavy atom. The molecule has 0 aliphatic rings. The fraction of sp³-hybridized carbons (Fsp3) is 0.333. The lowest BCUT2D eigenvalue weighted by Crippen LogP contribution is -2.23. The average Bonchev–Trinajstić information content (AvgIpc) is 3.31. The molecule has 0 aliphatic carbocycles. The summed E-state index contributed by atoms with van der Waals surface area (Å²) in [6.07, 6.45) is -0.756. The molecule has 0 saturated heterocycles. The number of amides is 1. The van der Waals surface area contributed by atoms with Crippen LogP contribution in [0.15, 0.2) is 29.0 Å². The van der Waals surface area contributed by atoms with Crippen LogP contribution in [0.3, 0.4) is 0 Å². The van der Waals surface area contributed by atoms with Gasteiger partial charge in [-0.15, -0.1) is 11.3 Å². The highest BCUT2D eigenvalue weighted by atomic mass is 32.1. The second-order valence-electron chi connectivity index (χ2n) is 5.37. The third-order valence-corrected chi connectivity index (χ3v) is 4.37. The van der Waals surface area contributed by atoms with Gasteiger partial charge in [-0.05, 0) is 18.6 Å². The summed E-state index contributed by atoms with van der Waals surface area (Å²) in [5, 5.41) is 10.2. The van der Waals surface area contributed by atoms with E-state index in [0.717, 1.165) is 11.3 Å². The van der Waals surface area contributed by atoms with Crippen LogP contribution in [0.2, 0.25) is 0 Å². The number of carbonyl (C=O) groups is 1. The van der Waals surface area contributed by atoms with Crippen LogP contribution in [-0.4, -0.2) is 32.4 Å². The molecule has 3 heterocycles. The van der Waals surface area contributed by atoms with Gasteiger partial charge in [0, 0.05) is 17.6 Å². The Kier molecular flexibility index (Phi) is 5.07. The van der Waals surface area contributed by atoms with Crippen molar-refractivity contribution in [2.75, 3.05) is 6.54 Å². The zero-order valence-electron chi connectivity index (χ0n) is 13.6. The summed E-state index contributed by atoms with van der Waals surface area (Å²) in [6, 6.07) is 3.35. The maximum Gasteiger partial charge on any atom is 0.471 e. The largest absolute Gasteiger partial charge is 0.471 e. The van der Waals surface area contributed by atoms with Crippen LogP contribution in [0.4, 0.5) is 13.2 Å². The van der Waals surface area contributed by atoms with Gasteiger partial charge in [0.05, 0.1) is 23.2 Å². The first-order valence-corrected chi connectivity index (χ1v) is 8.49. The minimum atomic E-state index is -4.67. The van der Waals surface area contributed by atoms with Crippen molar-refractivity contribution in [1.82, 2.24) is 25.2 Å². The molecule has 0 atom stereocenters. The molecule has 11 heteroatoms. The SMILES string of the molecule is CCCNC(=O)c1cnn(Cc2ccc(-c3noc(C(F)(F)F)n3)s2)c1. The Hall–Kier alpha value is -2.69. The number of nitrogens with one attached hydrogen (secondary N) is 1. The number of alkyl halides is 3. The molecule has 0 bridgehead atoms. The van der Waals surface area contributed by atoms with Gasteiger partial charge < -0.3 is 9.84 Å². The molecule has 7 nitrogen and oxygen atoms in total. The molecule has 1 amide bonds. The summed E-state index contributed by atoms with van der Waals surface area (Å²) in [5.74, 6) is -1.69. The van der Waals surface area contributed by atoms with Gasteiger partial charge in [0.15, 0.2) is 0 Å². The predicted molar refractivity (Wildman–Crippen MR) is 86.6 cm³/mol. The summed E-state index contributed by atoms with van der Waals surface area (Å²) in [4.78, 5) is 16.5. The molecule has 0 spiro atoms. The first kappa shape index (κ1) is 18.1. The summed E-state index contributed by atoms with van der Waals surface area (Å²) < 4.78 is 43.4. The molecule has 0 unspecified atom stereocenters. The molecule has 0 aliphatic heterocycles. The lowest BCUT2D eigenvalue weighted by molar-refractivity contribution is -0.159. The van der Waals surface area contributed by atoms with E-state index in [2.05, 4.69) is 25.1 Å². The number of hydrogen-bond donors (Lipinski definition) is 1. The number of carbonyl (C=O) groups excluding carboxylic acids is 1. The number of thiophene rings is 1. The number of nitrogens with zero attached hydrogens (tertiary/aromatic N) is 4. The number of halogens is 3. The van der Waals surface area contributed by atoms with E-state index in [1.807, 2.05) is 6.92 Å². The third-order valence-electron chi connectivity index (χ3n) is 3.30. The standard InChI is InChI=1S/C15H14F3N5O2S/c1-2-5-19-13(24)9-6-20-23(7-9)8-10-3-4-11(26-10)12-21-14(25-22-12)15(16,17)18/h3-4,6-7H,2,5,8H2,1H3,(H,19,24). The second-order valence-corrected chi connectivity index (χ2v) is 6.54. The second kappa shape index (κ2) is 7.28. The van der Waals surface area contributed by atoms with Crippen LogP contribution < -0.4 is 5.32 Å². The van der Waals surface area contributed by atoms with E-state index >= 15 is 0 Å². The van der Waals surface area contributed by atoms with Gasteiger partial charge in [-0.25, -0.2) is 0 Å². The molecule has 0 saturated carbocycles. The van der Waals surface area contributed by atoms with E-state index in [4.69, 9.17) is 0 Å². The molecule has 3 aromatic heterocycles. The molecule has 3 rings (SSSR count). The first-order valence-electron chi connectivity index (χ1n) is 7.67. The van der Waals surface area contributed by atoms with Gasteiger partial charge in [0.25, 0.3) is 5.91 Å². The molecule has 0 fully saturated rings. The van der Waals surface area contributed by atoms with Crippen LogP contribution in [-0.2, 0) is 12.7 Å². The zero-order valence-corrected chi connectivity index (χ0v) is 14.4. The summed E-state index contributed by atoms with van der Waals surface area (Å²) in [5.41, 5.74) is 0.447. The third kappa shape index (κ3) is 4.10. The quantitative estimate of drug-likeness (QED) is 0.704. The molecule has 26 heavy (non-hydrogen) atoms. The molecule has 0 radical (unpaired) electrons. The molecule has 1 N–H and O–H groups in total. The summed E-state index contributed by atoms with van der Waals surface area (Å²) in [7, 11) is 0. The van der Waals surface area contributed by atoms with Crippen molar-refractivity contribution >= 4 is 17.2 Å². The lowest BCUT2D eigenvalue weighted by Gasteiger charge is -2.00. The van der Waals surface area contributed by atoms with Crippen LogP contribution in [0, 0.1) is 0 Å². The van der Waals surface area contributed by atoms with E-state index in [1.165, 1.54) is 17.5 Å². The monoisotopic (exact) mass is 385 g/mol. The summed E-state index contributed by atoms with van der Waals surface area (Å²) in [6.45, 7) is 2.91. The van der Waals surface area contributed by atoms with Gasteiger partial charge >= 0.3 is 12.1 Å². The Morgan fingerprint density at radius 1 is 1.38 bits per heavy atom. The van der Waals surface area contributed by atoms with Crippen LogP contribution in [0.1, 0.15) is 34.5 Å². The number of aromatic nitrogens is 4. The van der Waals surface area contributed by atoms with Crippen LogP contribution in [0.25, 0.3) is 10.7 Å². The van der Waals surface area contributed by atoms with E-state index < -0.39 is 12.1 Å². The van der Waals surface area contributed by atoms with E-state index in [-0.39, 0.29) is 11.7 Å². The first-order chi connectivity index (χ1) is 12.4. The molecular formula is C15H14F3N5O2S. The Balaban J connectivity index is 1.68. The Labute approximate surface area is 149 Å². The van der Waals surface area contributed by atoms with Gasteiger partial charge in [0.2, 0.25) is 5.82 Å². The number of rotatable bonds is 6. The minimum absolute atomic E-state index is 0.117. The van der Waals surface area contributed by atoms with Gasteiger partial charge in [0.1, 0.15) is 0 Å². The van der Waals surface area contributed by atoms with Crippen molar-refractivity contribution in [2.45, 2.75) is 26.1 Å². The number of hydrogen-bond acceptors (Lipinski definition) is 6. The summed E-state index contributed by atoms with van der Waals surface area (Å²) >= 11 is 1.22. The van der Waals surface area contributed by atoms with Gasteiger partial charge in [-0.1, -0.05) is 12.1 Å². The van der Waals surface area contributed by atoms with Crippen molar-refractivity contribution in [3.8, 4) is 10.7 Å². The highest BCUT2D eigenvalue weighted by Crippen LogP contribution is 2.31. The van der Waals surface area contributed by atoms with Crippen molar-refractivity contribution in [1.29, 1.82) is 0 Å². The smallest absolute Gasteiger partial charge is 0.352 e. The predicted octanol–water partition coefficient (Wildman–Crippen LogP) is 3.20. The maximum atomic E-state index is 12.5. The van der Waals surface area contributed by atoms with Crippen molar-refractivity contribution in [3.63, 3.8) is 0 Å². The van der Waals surface area contributed by atoms with E-state index in [9.17, 15) is 18.0 Å². The molecule has 138 valence electrons. The molecular weight excluding hydrogens is 371 g/mol. The normalized spacial score (nSPS) is 11.7. The van der Waals surface area contributed by atoms with Crippen molar-refractivity contribution in [3.05, 3.63) is 40.9 Å². The zero-order chi connectivity index (χ0) is 18.7.